The highest BCUT2D eigenvalue weighted by Gasteiger charge is 2.27. The van der Waals surface area contributed by atoms with Crippen LogP contribution in [0.4, 0.5) is 8.78 Å². The molecule has 174 valence electrons. The molecule has 0 bridgehead atoms. The molecule has 6 rings (SSSR count). The third-order valence-corrected chi connectivity index (χ3v) is 7.24. The molecule has 0 unspecified atom stereocenters. The number of hydrogen-bond acceptors (Lipinski definition) is 2. The molecule has 6 heteroatoms. The summed E-state index contributed by atoms with van der Waals surface area (Å²) in [5, 5.41) is 9.12. The van der Waals surface area contributed by atoms with Gasteiger partial charge in [0.15, 0.2) is 0 Å². The summed E-state index contributed by atoms with van der Waals surface area (Å²) < 4.78 is 28.2. The van der Waals surface area contributed by atoms with Gasteiger partial charge >= 0.3 is 0 Å². The molecule has 0 aliphatic carbocycles. The lowest BCUT2D eigenvalue weighted by Crippen LogP contribution is -2.24. The molecule has 2 aliphatic rings. The smallest absolute Gasteiger partial charge is 0.125 e. The van der Waals surface area contributed by atoms with Gasteiger partial charge in [0, 0.05) is 47.0 Å². The fourth-order valence-electron chi connectivity index (χ4n) is 5.65. The molecule has 2 atom stereocenters. The van der Waals surface area contributed by atoms with E-state index in [1.807, 2.05) is 12.1 Å². The van der Waals surface area contributed by atoms with Crippen LogP contribution in [-0.2, 0) is 12.8 Å². The van der Waals surface area contributed by atoms with Crippen molar-refractivity contribution >= 4 is 21.8 Å². The van der Waals surface area contributed by atoms with Gasteiger partial charge in [-0.15, -0.1) is 0 Å². The van der Waals surface area contributed by atoms with Crippen LogP contribution in [-0.4, -0.2) is 35.1 Å². The normalized spacial score (nSPS) is 20.9. The zero-order valence-electron chi connectivity index (χ0n) is 19.0. The van der Waals surface area contributed by atoms with Gasteiger partial charge in [0.2, 0.25) is 0 Å². The minimum absolute atomic E-state index is 0.271. The highest BCUT2D eigenvalue weighted by Crippen LogP contribution is 2.38. The minimum Gasteiger partial charge on any atom is -0.353 e. The molecule has 4 heterocycles. The number of aromatic nitrogens is 2. The fraction of sp³-hybridized carbons (Fsp3) is 0.286. The van der Waals surface area contributed by atoms with Crippen LogP contribution < -0.4 is 10.6 Å². The topological polar surface area (TPSA) is 55.6 Å². The van der Waals surface area contributed by atoms with Gasteiger partial charge in [-0.1, -0.05) is 24.3 Å². The van der Waals surface area contributed by atoms with Gasteiger partial charge in [-0.2, -0.15) is 0 Å². The summed E-state index contributed by atoms with van der Waals surface area (Å²) in [5.74, 6) is -0.543. The summed E-state index contributed by atoms with van der Waals surface area (Å²) in [5.41, 5.74) is 8.11. The second kappa shape index (κ2) is 8.22. The van der Waals surface area contributed by atoms with Crippen molar-refractivity contribution in [3.05, 3.63) is 83.5 Å². The van der Waals surface area contributed by atoms with Crippen LogP contribution in [0.15, 0.2) is 60.7 Å². The van der Waals surface area contributed by atoms with Crippen LogP contribution >= 0.6 is 0 Å². The van der Waals surface area contributed by atoms with Crippen LogP contribution in [0.1, 0.15) is 24.0 Å². The number of aromatic amines is 2. The van der Waals surface area contributed by atoms with E-state index in [1.54, 1.807) is 12.1 Å². The van der Waals surface area contributed by atoms with Gasteiger partial charge in [0.1, 0.15) is 11.6 Å². The number of nitrogens with one attached hydrogen (secondary N) is 4. The number of benzene rings is 2. The molecule has 0 amide bonds. The lowest BCUT2D eigenvalue weighted by atomic mass is 9.95. The maximum Gasteiger partial charge on any atom is 0.125 e. The largest absolute Gasteiger partial charge is 0.353 e. The monoisotopic (exact) mass is 458 g/mol. The van der Waals surface area contributed by atoms with Crippen molar-refractivity contribution < 1.29 is 8.78 Å². The molecule has 4 aromatic rings. The zero-order chi connectivity index (χ0) is 23.4. The Morgan fingerprint density at radius 1 is 0.706 bits per heavy atom. The van der Waals surface area contributed by atoms with E-state index in [-0.39, 0.29) is 23.7 Å². The van der Waals surface area contributed by atoms with Crippen molar-refractivity contribution in [1.29, 1.82) is 0 Å². The van der Waals surface area contributed by atoms with Crippen molar-refractivity contribution in [2.45, 2.75) is 37.8 Å². The van der Waals surface area contributed by atoms with Crippen LogP contribution in [0.3, 0.4) is 0 Å². The van der Waals surface area contributed by atoms with Gasteiger partial charge in [0.25, 0.3) is 0 Å². The number of H-pyrrole nitrogens is 2. The average molecular weight is 459 g/mol. The van der Waals surface area contributed by atoms with Gasteiger partial charge in [-0.05, 0) is 73.2 Å². The number of fused-ring (bicyclic) bond motifs is 2. The van der Waals surface area contributed by atoms with Crippen molar-refractivity contribution in [1.82, 2.24) is 20.6 Å². The SMILES string of the molecule is C=C1CN[C@H](Cc2c(-c3[nH]c4cc(F)ccc4c3C[C@@H]3CC(=C)CN3)[nH]c3cc(F)ccc23)C1. The summed E-state index contributed by atoms with van der Waals surface area (Å²) in [7, 11) is 0. The Bertz CT molecular complexity index is 1330. The van der Waals surface area contributed by atoms with Gasteiger partial charge in [-0.25, -0.2) is 8.78 Å². The molecule has 0 spiro atoms. The van der Waals surface area contributed by atoms with E-state index in [4.69, 9.17) is 0 Å². The van der Waals surface area contributed by atoms with Crippen molar-refractivity contribution in [2.75, 3.05) is 13.1 Å². The number of rotatable bonds is 5. The van der Waals surface area contributed by atoms with Crippen molar-refractivity contribution in [2.24, 2.45) is 0 Å². The van der Waals surface area contributed by atoms with E-state index in [0.29, 0.717) is 0 Å². The van der Waals surface area contributed by atoms with E-state index in [9.17, 15) is 8.78 Å². The molecule has 34 heavy (non-hydrogen) atoms. The Morgan fingerprint density at radius 3 is 1.53 bits per heavy atom. The molecule has 2 fully saturated rings. The first kappa shape index (κ1) is 21.3. The molecular formula is C28H28F2N4. The molecule has 2 aliphatic heterocycles. The second-order valence-electron chi connectivity index (χ2n) is 9.81. The number of halogens is 2. The quantitative estimate of drug-likeness (QED) is 0.298. The summed E-state index contributed by atoms with van der Waals surface area (Å²) >= 11 is 0. The molecule has 0 radical (unpaired) electrons. The van der Waals surface area contributed by atoms with E-state index >= 15 is 0 Å². The predicted molar refractivity (Wildman–Crippen MR) is 134 cm³/mol. The van der Waals surface area contributed by atoms with Gasteiger partial charge < -0.3 is 20.6 Å². The van der Waals surface area contributed by atoms with E-state index < -0.39 is 0 Å². The van der Waals surface area contributed by atoms with Gasteiger partial charge in [-0.3, -0.25) is 0 Å². The minimum atomic E-state index is -0.271. The second-order valence-corrected chi connectivity index (χ2v) is 9.81. The average Bonchev–Trinajstić information content (AvgIpc) is 3.56. The van der Waals surface area contributed by atoms with Crippen LogP contribution in [0.5, 0.6) is 0 Å². The maximum atomic E-state index is 14.1. The maximum absolute atomic E-state index is 14.1. The Morgan fingerprint density at radius 2 is 1.15 bits per heavy atom. The first-order valence-corrected chi connectivity index (χ1v) is 11.8. The molecule has 4 N–H and O–H groups in total. The van der Waals surface area contributed by atoms with Gasteiger partial charge in [0.05, 0.1) is 11.4 Å². The molecule has 2 aromatic carbocycles. The molecule has 4 nitrogen and oxygen atoms in total. The van der Waals surface area contributed by atoms with Crippen LogP contribution in [0.25, 0.3) is 33.2 Å². The molecule has 0 saturated carbocycles. The summed E-state index contributed by atoms with van der Waals surface area (Å²) in [6, 6.07) is 10.4. The van der Waals surface area contributed by atoms with Crippen LogP contribution in [0, 0.1) is 11.6 Å². The predicted octanol–water partition coefficient (Wildman–Crippen LogP) is 5.52. The first-order chi connectivity index (χ1) is 16.4. The summed E-state index contributed by atoms with van der Waals surface area (Å²) in [6.07, 6.45) is 3.43. The lowest BCUT2D eigenvalue weighted by molar-refractivity contribution is 0.606. The van der Waals surface area contributed by atoms with E-state index in [1.165, 1.54) is 23.3 Å². The molecule has 2 aromatic heterocycles. The van der Waals surface area contributed by atoms with E-state index in [0.717, 1.165) is 83.1 Å². The highest BCUT2D eigenvalue weighted by molar-refractivity contribution is 5.96. The van der Waals surface area contributed by atoms with E-state index in [2.05, 4.69) is 33.8 Å². The Hall–Kier alpha value is -3.22. The zero-order valence-corrected chi connectivity index (χ0v) is 19.0. The first-order valence-electron chi connectivity index (χ1n) is 11.8. The Balaban J connectivity index is 1.53. The Labute approximate surface area is 197 Å². The number of hydrogen-bond donors (Lipinski definition) is 4. The lowest BCUT2D eigenvalue weighted by Gasteiger charge is -2.14. The molecular weight excluding hydrogens is 430 g/mol. The fourth-order valence-corrected chi connectivity index (χ4v) is 5.65. The Kier molecular flexibility index (Phi) is 5.15. The van der Waals surface area contributed by atoms with Crippen molar-refractivity contribution in [3.63, 3.8) is 0 Å². The summed E-state index contributed by atoms with van der Waals surface area (Å²) in [4.78, 5) is 7.01. The molecule has 2 saturated heterocycles. The standard InChI is InChI=1S/C28H28F2N4/c1-15-7-19(31-13-15)11-23-21-5-3-17(29)9-25(21)33-27(23)28-24(12-20-8-16(2)14-32-20)22-6-4-18(30)10-26(22)34-28/h3-6,9-10,19-20,31-34H,1-2,7-8,11-14H2/t19-,20-/m0/s1. The third-order valence-electron chi connectivity index (χ3n) is 7.24. The highest BCUT2D eigenvalue weighted by atomic mass is 19.1. The third kappa shape index (κ3) is 3.77. The van der Waals surface area contributed by atoms with Crippen molar-refractivity contribution in [3.8, 4) is 11.4 Å². The summed E-state index contributed by atoms with van der Waals surface area (Å²) in [6.45, 7) is 9.90. The van der Waals surface area contributed by atoms with Crippen LogP contribution in [0.2, 0.25) is 0 Å².